The minimum Gasteiger partial charge on any atom is -0.316 e. The van der Waals surface area contributed by atoms with E-state index in [9.17, 15) is 8.78 Å². The molecule has 0 radical (unpaired) electrons. The Morgan fingerprint density at radius 3 is 2.31 bits per heavy atom. The van der Waals surface area contributed by atoms with Crippen LogP contribution in [0.5, 0.6) is 0 Å². The van der Waals surface area contributed by atoms with Crippen LogP contribution in [0.2, 0.25) is 0 Å². The van der Waals surface area contributed by atoms with Gasteiger partial charge in [-0.3, -0.25) is 0 Å². The average molecular weight is 184 g/mol. The summed E-state index contributed by atoms with van der Waals surface area (Å²) in [6, 6.07) is 3.44. The molecular formula is C8H6F2N2O. The molecule has 0 aliphatic heterocycles. The molecule has 68 valence electrons. The van der Waals surface area contributed by atoms with Gasteiger partial charge in [-0.15, -0.1) is 0 Å². The van der Waals surface area contributed by atoms with Gasteiger partial charge in [-0.2, -0.15) is 5.26 Å². The average Bonchev–Trinajstić information content (AvgIpc) is 2.11. The molecule has 0 fully saturated rings. The minimum absolute atomic E-state index is 0.0864. The molecule has 0 aliphatic carbocycles. The monoisotopic (exact) mass is 184 g/mol. The van der Waals surface area contributed by atoms with Gasteiger partial charge in [-0.05, 0) is 12.1 Å². The molecule has 0 spiro atoms. The number of benzene rings is 1. The minimum atomic E-state index is -0.849. The molecule has 5 heteroatoms. The number of nitrogens with zero attached hydrogens (tertiary/aromatic N) is 1. The predicted octanol–water partition coefficient (Wildman–Crippen LogP) is 1.32. The Kier molecular flexibility index (Phi) is 2.90. The quantitative estimate of drug-likeness (QED) is 0.681. The van der Waals surface area contributed by atoms with E-state index in [1.807, 2.05) is 0 Å². The van der Waals surface area contributed by atoms with Crippen molar-refractivity contribution in [1.29, 1.82) is 5.26 Å². The van der Waals surface area contributed by atoms with Gasteiger partial charge in [-0.1, -0.05) is 0 Å². The normalized spacial score (nSPS) is 9.69. The molecule has 2 N–H and O–H groups in total. The van der Waals surface area contributed by atoms with Crippen LogP contribution in [0, 0.1) is 23.0 Å². The number of hydrogen-bond donors (Lipinski definition) is 2. The molecule has 0 aliphatic rings. The summed E-state index contributed by atoms with van der Waals surface area (Å²) in [6.07, 6.45) is 0. The lowest BCUT2D eigenvalue weighted by Gasteiger charge is -2.03. The van der Waals surface area contributed by atoms with Crippen molar-refractivity contribution in [1.82, 2.24) is 5.48 Å². The Bertz CT molecular complexity index is 337. The zero-order valence-electron chi connectivity index (χ0n) is 6.51. The smallest absolute Gasteiger partial charge is 0.132 e. The van der Waals surface area contributed by atoms with E-state index in [1.54, 1.807) is 11.5 Å². The van der Waals surface area contributed by atoms with E-state index in [2.05, 4.69) is 0 Å². The molecule has 0 amide bonds. The number of nitriles is 1. The van der Waals surface area contributed by atoms with Gasteiger partial charge in [0.2, 0.25) is 0 Å². The van der Waals surface area contributed by atoms with E-state index in [4.69, 9.17) is 10.5 Å². The second kappa shape index (κ2) is 3.94. The molecule has 1 aromatic rings. The van der Waals surface area contributed by atoms with Crippen LogP contribution >= 0.6 is 0 Å². The first-order valence-electron chi connectivity index (χ1n) is 3.44. The van der Waals surface area contributed by atoms with Crippen molar-refractivity contribution in [3.8, 4) is 6.07 Å². The summed E-state index contributed by atoms with van der Waals surface area (Å²) < 4.78 is 25.9. The highest BCUT2D eigenvalue weighted by molar-refractivity contribution is 5.33. The topological polar surface area (TPSA) is 56.0 Å². The summed E-state index contributed by atoms with van der Waals surface area (Å²) in [5.74, 6) is -1.70. The number of hydroxylamine groups is 1. The van der Waals surface area contributed by atoms with Crippen molar-refractivity contribution in [2.24, 2.45) is 0 Å². The lowest BCUT2D eigenvalue weighted by molar-refractivity contribution is 0.158. The van der Waals surface area contributed by atoms with E-state index in [1.165, 1.54) is 0 Å². The van der Waals surface area contributed by atoms with Crippen LogP contribution in [0.4, 0.5) is 8.78 Å². The summed E-state index contributed by atoms with van der Waals surface area (Å²) in [5.41, 5.74) is 1.26. The van der Waals surface area contributed by atoms with Gasteiger partial charge in [0.05, 0.1) is 18.2 Å². The molecule has 1 aromatic carbocycles. The van der Waals surface area contributed by atoms with E-state index < -0.39 is 11.6 Å². The maximum absolute atomic E-state index is 12.9. The van der Waals surface area contributed by atoms with Crippen LogP contribution in [0.3, 0.4) is 0 Å². The molecule has 0 aromatic heterocycles. The molecule has 0 heterocycles. The lowest BCUT2D eigenvalue weighted by Crippen LogP contribution is -2.10. The van der Waals surface area contributed by atoms with Crippen LogP contribution in [-0.2, 0) is 6.54 Å². The summed E-state index contributed by atoms with van der Waals surface area (Å²) in [4.78, 5) is 0. The fourth-order valence-electron chi connectivity index (χ4n) is 0.916. The lowest BCUT2D eigenvalue weighted by atomic mass is 10.1. The van der Waals surface area contributed by atoms with Crippen molar-refractivity contribution < 1.29 is 14.0 Å². The van der Waals surface area contributed by atoms with Gasteiger partial charge >= 0.3 is 0 Å². The third kappa shape index (κ3) is 1.99. The molecule has 0 atom stereocenters. The molecule has 0 bridgehead atoms. The molecule has 13 heavy (non-hydrogen) atoms. The maximum Gasteiger partial charge on any atom is 0.132 e. The first kappa shape index (κ1) is 9.58. The summed E-state index contributed by atoms with van der Waals surface area (Å²) in [5, 5.41) is 16.6. The van der Waals surface area contributed by atoms with E-state index in [0.29, 0.717) is 0 Å². The van der Waals surface area contributed by atoms with Crippen LogP contribution in [0.15, 0.2) is 12.1 Å². The number of rotatable bonds is 2. The van der Waals surface area contributed by atoms with Crippen molar-refractivity contribution in [3.05, 3.63) is 34.9 Å². The van der Waals surface area contributed by atoms with Crippen molar-refractivity contribution in [3.63, 3.8) is 0 Å². The predicted molar refractivity (Wildman–Crippen MR) is 39.7 cm³/mol. The van der Waals surface area contributed by atoms with E-state index in [0.717, 1.165) is 12.1 Å². The Morgan fingerprint density at radius 1 is 1.38 bits per heavy atom. The number of hydrogen-bond acceptors (Lipinski definition) is 3. The Labute approximate surface area is 73.2 Å². The van der Waals surface area contributed by atoms with Crippen molar-refractivity contribution >= 4 is 0 Å². The second-order valence-corrected chi connectivity index (χ2v) is 2.37. The molecule has 3 nitrogen and oxygen atoms in total. The van der Waals surface area contributed by atoms with Gasteiger partial charge < -0.3 is 5.21 Å². The highest BCUT2D eigenvalue weighted by Crippen LogP contribution is 2.14. The first-order chi connectivity index (χ1) is 6.19. The largest absolute Gasteiger partial charge is 0.316 e. The van der Waals surface area contributed by atoms with Crippen LogP contribution in [-0.4, -0.2) is 5.21 Å². The molecular weight excluding hydrogens is 178 g/mol. The maximum atomic E-state index is 12.9. The zero-order valence-corrected chi connectivity index (χ0v) is 6.51. The fourth-order valence-corrected chi connectivity index (χ4v) is 0.916. The van der Waals surface area contributed by atoms with Crippen LogP contribution in [0.1, 0.15) is 11.1 Å². The van der Waals surface area contributed by atoms with Gasteiger partial charge in [0.15, 0.2) is 0 Å². The van der Waals surface area contributed by atoms with Crippen molar-refractivity contribution in [2.75, 3.05) is 0 Å². The molecule has 1 rings (SSSR count). The standard InChI is InChI=1S/C8H6F2N2O/c9-7-1-5(3-11)2-8(10)6(7)4-12-13/h1-2,12-13H,4H2. The van der Waals surface area contributed by atoms with Crippen LogP contribution < -0.4 is 5.48 Å². The third-order valence-corrected chi connectivity index (χ3v) is 1.53. The first-order valence-corrected chi connectivity index (χ1v) is 3.44. The number of nitrogens with one attached hydrogen (secondary N) is 1. The van der Waals surface area contributed by atoms with Crippen molar-refractivity contribution in [2.45, 2.75) is 6.54 Å². The molecule has 0 saturated carbocycles. The van der Waals surface area contributed by atoms with E-state index >= 15 is 0 Å². The zero-order chi connectivity index (χ0) is 9.84. The highest BCUT2D eigenvalue weighted by Gasteiger charge is 2.09. The van der Waals surface area contributed by atoms with E-state index in [-0.39, 0.29) is 17.7 Å². The summed E-state index contributed by atoms with van der Waals surface area (Å²) >= 11 is 0. The second-order valence-electron chi connectivity index (χ2n) is 2.37. The van der Waals surface area contributed by atoms with Gasteiger partial charge in [-0.25, -0.2) is 14.3 Å². The number of halogens is 2. The Morgan fingerprint density at radius 2 is 1.92 bits per heavy atom. The Hall–Kier alpha value is -1.51. The SMILES string of the molecule is N#Cc1cc(F)c(CNO)c(F)c1. The van der Waals surface area contributed by atoms with Gasteiger partial charge in [0.25, 0.3) is 0 Å². The summed E-state index contributed by atoms with van der Waals surface area (Å²) in [6.45, 7) is -0.330. The van der Waals surface area contributed by atoms with Crippen LogP contribution in [0.25, 0.3) is 0 Å². The highest BCUT2D eigenvalue weighted by atomic mass is 19.1. The van der Waals surface area contributed by atoms with Gasteiger partial charge in [0, 0.05) is 5.56 Å². The summed E-state index contributed by atoms with van der Waals surface area (Å²) in [7, 11) is 0. The molecule has 0 saturated heterocycles. The fraction of sp³-hybridized carbons (Fsp3) is 0.125. The molecule has 0 unspecified atom stereocenters. The van der Waals surface area contributed by atoms with Gasteiger partial charge in [0.1, 0.15) is 11.6 Å². The third-order valence-electron chi connectivity index (χ3n) is 1.53. The Balaban J connectivity index is 3.17.